The number of nitrogens with zero attached hydrogens (tertiary/aromatic N) is 1. The molecule has 0 amide bonds. The number of aryl methyl sites for hydroxylation is 3. The summed E-state index contributed by atoms with van der Waals surface area (Å²) >= 11 is 0. The third kappa shape index (κ3) is 5.09. The van der Waals surface area contributed by atoms with Crippen LogP contribution in [0.4, 0.5) is 17.1 Å². The molecule has 0 spiro atoms. The van der Waals surface area contributed by atoms with Gasteiger partial charge in [-0.25, -0.2) is 0 Å². The van der Waals surface area contributed by atoms with Crippen LogP contribution in [0.5, 0.6) is 11.5 Å². The lowest BCUT2D eigenvalue weighted by molar-refractivity contribution is 0.477. The van der Waals surface area contributed by atoms with E-state index in [0.29, 0.717) is 0 Å². The minimum atomic E-state index is -0.125. The molecule has 0 radical (unpaired) electrons. The molecule has 9 aromatic carbocycles. The van der Waals surface area contributed by atoms with Crippen LogP contribution in [0.15, 0.2) is 158 Å². The Bertz CT molecular complexity index is 3160. The number of ether oxygens (including phenoxy) is 1. The van der Waals surface area contributed by atoms with Crippen molar-refractivity contribution in [2.24, 2.45) is 0 Å². The van der Waals surface area contributed by atoms with E-state index in [1.807, 2.05) is 0 Å². The Labute approximate surface area is 358 Å². The monoisotopic (exact) mass is 785 g/mol. The Morgan fingerprint density at radius 3 is 1.26 bits per heavy atom. The molecule has 1 aliphatic heterocycles. The summed E-state index contributed by atoms with van der Waals surface area (Å²) in [7, 11) is 0. The second kappa shape index (κ2) is 12.6. The Kier molecular flexibility index (Phi) is 7.41. The molecule has 9 aromatic rings. The molecule has 2 aliphatic carbocycles. The molecule has 1 heterocycles. The number of benzene rings is 9. The van der Waals surface area contributed by atoms with Gasteiger partial charge in [-0.05, 0) is 169 Å². The highest BCUT2D eigenvalue weighted by Gasteiger charge is 2.39. The van der Waals surface area contributed by atoms with Crippen molar-refractivity contribution < 1.29 is 4.74 Å². The van der Waals surface area contributed by atoms with E-state index >= 15 is 0 Å². The molecule has 0 atom stereocenters. The van der Waals surface area contributed by atoms with Crippen molar-refractivity contribution in [2.75, 3.05) is 4.90 Å². The molecular weight excluding hydrogens is 739 g/mol. The van der Waals surface area contributed by atoms with Crippen LogP contribution < -0.4 is 9.64 Å². The van der Waals surface area contributed by atoms with Gasteiger partial charge in [0.15, 0.2) is 11.5 Å². The first-order valence-electron chi connectivity index (χ1n) is 21.7. The summed E-state index contributed by atoms with van der Waals surface area (Å²) in [4.78, 5) is 2.35. The molecule has 0 fully saturated rings. The summed E-state index contributed by atoms with van der Waals surface area (Å²) in [5.74, 6) is 1.69. The Morgan fingerprint density at radius 1 is 0.393 bits per heavy atom. The summed E-state index contributed by atoms with van der Waals surface area (Å²) < 4.78 is 7.03. The van der Waals surface area contributed by atoms with Gasteiger partial charge in [0.1, 0.15) is 0 Å². The second-order valence-corrected chi connectivity index (χ2v) is 18.7. The van der Waals surface area contributed by atoms with E-state index in [1.54, 1.807) is 0 Å². The third-order valence-electron chi connectivity index (χ3n) is 14.4. The van der Waals surface area contributed by atoms with E-state index < -0.39 is 0 Å². The van der Waals surface area contributed by atoms with Crippen LogP contribution in [0.1, 0.15) is 66.6 Å². The van der Waals surface area contributed by atoms with Gasteiger partial charge >= 0.3 is 0 Å². The molecular formula is C59H47NO. The van der Waals surface area contributed by atoms with Crippen LogP contribution in [0.25, 0.3) is 66.1 Å². The normalized spacial score (nSPS) is 14.8. The first kappa shape index (κ1) is 36.0. The van der Waals surface area contributed by atoms with Crippen molar-refractivity contribution in [1.29, 1.82) is 0 Å². The van der Waals surface area contributed by atoms with Crippen LogP contribution in [0.3, 0.4) is 0 Å². The van der Waals surface area contributed by atoms with Crippen molar-refractivity contribution in [3.05, 3.63) is 197 Å². The quantitative estimate of drug-likeness (QED) is 0.177. The Hall–Kier alpha value is -6.90. The molecule has 0 bridgehead atoms. The van der Waals surface area contributed by atoms with E-state index in [2.05, 4.69) is 211 Å². The lowest BCUT2D eigenvalue weighted by Crippen LogP contribution is -2.16. The average Bonchev–Trinajstić information content (AvgIpc) is 3.64. The van der Waals surface area contributed by atoms with Crippen LogP contribution in [-0.2, 0) is 10.8 Å². The van der Waals surface area contributed by atoms with Gasteiger partial charge in [-0.3, -0.25) is 0 Å². The topological polar surface area (TPSA) is 12.5 Å². The van der Waals surface area contributed by atoms with Crippen molar-refractivity contribution >= 4 is 38.6 Å². The summed E-state index contributed by atoms with van der Waals surface area (Å²) in [6.45, 7) is 16.1. The van der Waals surface area contributed by atoms with Gasteiger partial charge in [0.25, 0.3) is 0 Å². The molecule has 3 aliphatic rings. The number of rotatable bonds is 3. The predicted octanol–water partition coefficient (Wildman–Crippen LogP) is 16.4. The van der Waals surface area contributed by atoms with Crippen molar-refractivity contribution in [3.8, 4) is 56.0 Å². The van der Waals surface area contributed by atoms with Gasteiger partial charge in [-0.1, -0.05) is 142 Å². The molecule has 0 saturated heterocycles. The number of hydrogen-bond acceptors (Lipinski definition) is 2. The zero-order valence-electron chi connectivity index (χ0n) is 35.9. The average molecular weight is 786 g/mol. The fourth-order valence-electron chi connectivity index (χ4n) is 11.0. The van der Waals surface area contributed by atoms with E-state index in [1.165, 1.54) is 93.9 Å². The molecule has 0 saturated carbocycles. The summed E-state index contributed by atoms with van der Waals surface area (Å²) in [5, 5.41) is 5.34. The molecule has 0 aromatic heterocycles. The smallest absolute Gasteiger partial charge is 0.152 e. The molecule has 294 valence electrons. The Morgan fingerprint density at radius 2 is 0.803 bits per heavy atom. The maximum atomic E-state index is 7.03. The van der Waals surface area contributed by atoms with E-state index in [4.69, 9.17) is 4.74 Å². The summed E-state index contributed by atoms with van der Waals surface area (Å²) in [5.41, 5.74) is 22.5. The fraction of sp³-hybridized carbons (Fsp3) is 0.153. The molecule has 12 rings (SSSR count). The maximum Gasteiger partial charge on any atom is 0.152 e. The van der Waals surface area contributed by atoms with Crippen molar-refractivity contribution in [3.63, 3.8) is 0 Å². The predicted molar refractivity (Wildman–Crippen MR) is 256 cm³/mol. The van der Waals surface area contributed by atoms with Crippen LogP contribution in [0, 0.1) is 20.8 Å². The van der Waals surface area contributed by atoms with Crippen LogP contribution in [-0.4, -0.2) is 0 Å². The van der Waals surface area contributed by atoms with Gasteiger partial charge in [-0.2, -0.15) is 0 Å². The number of fused-ring (bicyclic) bond motifs is 12. The van der Waals surface area contributed by atoms with Gasteiger partial charge < -0.3 is 9.64 Å². The van der Waals surface area contributed by atoms with E-state index in [9.17, 15) is 0 Å². The number of anilines is 3. The molecule has 0 N–H and O–H groups in total. The van der Waals surface area contributed by atoms with E-state index in [-0.39, 0.29) is 10.8 Å². The third-order valence-corrected chi connectivity index (χ3v) is 14.4. The molecule has 0 unspecified atom stereocenters. The zero-order chi connectivity index (χ0) is 41.5. The van der Waals surface area contributed by atoms with Gasteiger partial charge in [0, 0.05) is 16.5 Å². The zero-order valence-corrected chi connectivity index (χ0v) is 35.9. The molecule has 61 heavy (non-hydrogen) atoms. The first-order chi connectivity index (χ1) is 29.5. The minimum Gasteiger partial charge on any atom is -0.453 e. The second-order valence-electron chi connectivity index (χ2n) is 18.7. The summed E-state index contributed by atoms with van der Waals surface area (Å²) in [6.07, 6.45) is 0. The lowest BCUT2D eigenvalue weighted by atomic mass is 9.80. The van der Waals surface area contributed by atoms with Crippen molar-refractivity contribution in [1.82, 2.24) is 0 Å². The standard InChI is InChI=1S/C59H47NO/c1-34-16-22-41(23-17-34)60-52-26-20-39(37-18-24-46-48(30-37)58(4,5)50-28-35(2)42-12-8-10-14-44(42)56(46)50)32-54(52)61-55-33-40(21-27-53(55)60)38-19-25-47-49(31-38)59(6,7)51-29-36(3)43-13-9-11-15-45(43)57(47)51/h8-33H,1-7H3. The van der Waals surface area contributed by atoms with Crippen LogP contribution >= 0.6 is 0 Å². The van der Waals surface area contributed by atoms with Gasteiger partial charge in [0.2, 0.25) is 0 Å². The largest absolute Gasteiger partial charge is 0.453 e. The molecule has 2 heteroatoms. The van der Waals surface area contributed by atoms with E-state index in [0.717, 1.165) is 39.7 Å². The Balaban J connectivity index is 0.958. The first-order valence-corrected chi connectivity index (χ1v) is 21.7. The van der Waals surface area contributed by atoms with Gasteiger partial charge in [0.05, 0.1) is 11.4 Å². The number of hydrogen-bond donors (Lipinski definition) is 0. The van der Waals surface area contributed by atoms with Crippen LogP contribution in [0.2, 0.25) is 0 Å². The molecule has 2 nitrogen and oxygen atoms in total. The SMILES string of the molecule is Cc1ccc(N2c3ccc(-c4ccc5c(c4)C(C)(C)c4cc(C)c6ccccc6c4-5)cc3Oc3cc(-c4ccc5c(c4)C(C)(C)c4cc(C)c6ccccc6c4-5)ccc32)cc1. The van der Waals surface area contributed by atoms with Crippen molar-refractivity contribution in [2.45, 2.75) is 59.3 Å². The highest BCUT2D eigenvalue weighted by Crippen LogP contribution is 2.56. The minimum absolute atomic E-state index is 0.125. The highest BCUT2D eigenvalue weighted by atomic mass is 16.5. The summed E-state index contributed by atoms with van der Waals surface area (Å²) in [6, 6.07) is 59.0. The van der Waals surface area contributed by atoms with Gasteiger partial charge in [-0.15, -0.1) is 0 Å². The highest BCUT2D eigenvalue weighted by molar-refractivity contribution is 6.06. The lowest BCUT2D eigenvalue weighted by Gasteiger charge is -2.33. The fourth-order valence-corrected chi connectivity index (χ4v) is 11.0. The maximum absolute atomic E-state index is 7.03.